The summed E-state index contributed by atoms with van der Waals surface area (Å²) in [5.74, 6) is 0. The largest absolute Gasteiger partial charge is 0.331 e. The van der Waals surface area contributed by atoms with Gasteiger partial charge < -0.3 is 28.4 Å². The summed E-state index contributed by atoms with van der Waals surface area (Å²) in [6.07, 6.45) is -2.74. The molecule has 0 spiro atoms. The molecule has 0 radical (unpaired) electrons. The van der Waals surface area contributed by atoms with E-state index in [0.29, 0.717) is 16.7 Å². The number of alkyl halides is 3. The minimum absolute atomic E-state index is 0.0115. The first kappa shape index (κ1) is 24.6. The average molecular weight is 550 g/mol. The Kier molecular flexibility index (Phi) is 6.53. The number of benzene rings is 3. The van der Waals surface area contributed by atoms with E-state index in [4.69, 9.17) is 63.2 Å². The molecule has 0 N–H and O–H groups in total. The molecule has 9 heteroatoms. The first-order valence-corrected chi connectivity index (χ1v) is 12.7. The zero-order chi connectivity index (χ0) is 24.8. The molecule has 3 unspecified atom stereocenters. The minimum atomic E-state index is -1.60. The van der Waals surface area contributed by atoms with Crippen LogP contribution in [0.4, 0.5) is 0 Å². The lowest BCUT2D eigenvalue weighted by atomic mass is 10.0. The van der Waals surface area contributed by atoms with Crippen LogP contribution in [0.3, 0.4) is 0 Å². The van der Waals surface area contributed by atoms with Gasteiger partial charge in [-0.1, -0.05) is 126 Å². The van der Waals surface area contributed by atoms with Gasteiger partial charge in [0.25, 0.3) is 15.7 Å². The first-order valence-electron chi connectivity index (χ1n) is 11.6. The number of ether oxygens (including phenoxy) is 6. The molecule has 0 saturated carbocycles. The molecule has 3 saturated heterocycles. The van der Waals surface area contributed by atoms with Crippen LogP contribution in [0.25, 0.3) is 0 Å². The van der Waals surface area contributed by atoms with Crippen LogP contribution in [0.2, 0.25) is 0 Å². The third kappa shape index (κ3) is 4.45. The first-order chi connectivity index (χ1) is 17.4. The zero-order valence-corrected chi connectivity index (χ0v) is 21.2. The van der Waals surface area contributed by atoms with E-state index in [1.165, 1.54) is 0 Å². The summed E-state index contributed by atoms with van der Waals surface area (Å²) in [7, 11) is 0. The Morgan fingerprint density at radius 2 is 0.806 bits per heavy atom. The molecule has 0 aromatic heterocycles. The molecule has 3 aliphatic heterocycles. The Balaban J connectivity index is 1.37. The number of fused-ring (bicyclic) bond motifs is 3. The molecule has 3 fully saturated rings. The molecule has 0 bridgehead atoms. The molecule has 0 amide bonds. The second-order valence-electron chi connectivity index (χ2n) is 8.81. The number of hydrogen-bond acceptors (Lipinski definition) is 6. The Morgan fingerprint density at radius 3 is 1.17 bits per heavy atom. The summed E-state index contributed by atoms with van der Waals surface area (Å²) in [6.45, 7) is 0.0230. The summed E-state index contributed by atoms with van der Waals surface area (Å²) in [5.41, 5.74) is 1.91. The SMILES string of the molecule is ClC1(c2ccccc2)OC[C@@H]2OC(Cl)(c3ccccc3)O[C@H]2[C@@H]2OC(Cl)(c3ccccc3)O[C@@H]2CO1. The molecule has 0 aliphatic carbocycles. The molecule has 36 heavy (non-hydrogen) atoms. The van der Waals surface area contributed by atoms with E-state index in [-0.39, 0.29) is 13.2 Å². The molecule has 3 aromatic carbocycles. The van der Waals surface area contributed by atoms with Gasteiger partial charge in [0.2, 0.25) is 0 Å². The van der Waals surface area contributed by atoms with Crippen LogP contribution in [0.5, 0.6) is 0 Å². The van der Waals surface area contributed by atoms with Gasteiger partial charge in [-0.3, -0.25) is 0 Å². The van der Waals surface area contributed by atoms with Crippen molar-refractivity contribution in [3.05, 3.63) is 108 Å². The van der Waals surface area contributed by atoms with Crippen molar-refractivity contribution in [1.29, 1.82) is 0 Å². The molecular weight excluding hydrogens is 527 g/mol. The van der Waals surface area contributed by atoms with Crippen LogP contribution < -0.4 is 0 Å². The van der Waals surface area contributed by atoms with E-state index in [9.17, 15) is 0 Å². The Morgan fingerprint density at radius 1 is 0.472 bits per heavy atom. The predicted molar refractivity (Wildman–Crippen MR) is 133 cm³/mol. The monoisotopic (exact) mass is 548 g/mol. The Labute approximate surface area is 223 Å². The highest BCUT2D eigenvalue weighted by atomic mass is 35.5. The van der Waals surface area contributed by atoms with Crippen molar-refractivity contribution in [3.63, 3.8) is 0 Å². The summed E-state index contributed by atoms with van der Waals surface area (Å²) < 4.78 is 37.5. The lowest BCUT2D eigenvalue weighted by Gasteiger charge is -2.29. The summed E-state index contributed by atoms with van der Waals surface area (Å²) in [6, 6.07) is 27.8. The maximum Gasteiger partial charge on any atom is 0.277 e. The van der Waals surface area contributed by atoms with E-state index in [1.807, 2.05) is 91.0 Å². The zero-order valence-electron chi connectivity index (χ0n) is 19.0. The van der Waals surface area contributed by atoms with Gasteiger partial charge in [-0.15, -0.1) is 0 Å². The van der Waals surface area contributed by atoms with Crippen LogP contribution in [0.15, 0.2) is 91.0 Å². The van der Waals surface area contributed by atoms with Gasteiger partial charge >= 0.3 is 0 Å². The van der Waals surface area contributed by atoms with Crippen molar-refractivity contribution in [3.8, 4) is 0 Å². The Bertz CT molecular complexity index is 1110. The third-order valence-corrected chi connectivity index (χ3v) is 7.69. The van der Waals surface area contributed by atoms with Gasteiger partial charge in [0.05, 0.1) is 13.2 Å². The van der Waals surface area contributed by atoms with E-state index < -0.39 is 40.2 Å². The molecule has 3 aromatic rings. The Hall–Kier alpha value is -1.71. The lowest BCUT2D eigenvalue weighted by molar-refractivity contribution is -0.216. The second kappa shape index (κ2) is 9.55. The lowest BCUT2D eigenvalue weighted by Crippen LogP contribution is -2.44. The normalized spacial score (nSPS) is 38.4. The van der Waals surface area contributed by atoms with E-state index in [2.05, 4.69) is 0 Å². The second-order valence-corrected chi connectivity index (χ2v) is 10.3. The van der Waals surface area contributed by atoms with Crippen LogP contribution in [-0.4, -0.2) is 37.6 Å². The van der Waals surface area contributed by atoms with Crippen molar-refractivity contribution in [2.75, 3.05) is 13.2 Å². The fourth-order valence-electron chi connectivity index (χ4n) is 4.67. The molecule has 188 valence electrons. The molecule has 3 heterocycles. The standard InChI is InChI=1S/C27H23Cl3O6/c28-25(18-10-4-1-5-11-18)31-16-21-23(35-26(29,33-21)19-12-6-2-7-13-19)24-22(17-32-25)34-27(30,36-24)20-14-8-3-9-15-20/h1-15,21-24H,16-17H2/t21-,22+,23-,24-,25?,26?,27?/m1/s1. The molecule has 6 rings (SSSR count). The van der Waals surface area contributed by atoms with E-state index in [0.717, 1.165) is 0 Å². The van der Waals surface area contributed by atoms with Crippen molar-refractivity contribution in [1.82, 2.24) is 0 Å². The van der Waals surface area contributed by atoms with Crippen molar-refractivity contribution in [2.45, 2.75) is 40.2 Å². The van der Waals surface area contributed by atoms with E-state index in [1.54, 1.807) is 0 Å². The number of rotatable bonds is 3. The maximum absolute atomic E-state index is 6.90. The van der Waals surface area contributed by atoms with Crippen LogP contribution in [0.1, 0.15) is 16.7 Å². The quantitative estimate of drug-likeness (QED) is 0.388. The van der Waals surface area contributed by atoms with Gasteiger partial charge in [-0.2, -0.15) is 0 Å². The molecular formula is C27H23Cl3O6. The van der Waals surface area contributed by atoms with Gasteiger partial charge in [0.15, 0.2) is 0 Å². The van der Waals surface area contributed by atoms with E-state index >= 15 is 0 Å². The van der Waals surface area contributed by atoms with Crippen molar-refractivity contribution >= 4 is 34.8 Å². The summed E-state index contributed by atoms with van der Waals surface area (Å²) >= 11 is 20.7. The number of halogens is 3. The fraction of sp³-hybridized carbons (Fsp3) is 0.333. The average Bonchev–Trinajstić information content (AvgIpc) is 3.46. The van der Waals surface area contributed by atoms with Gasteiger partial charge in [-0.05, 0) is 0 Å². The molecule has 7 atom stereocenters. The molecule has 6 nitrogen and oxygen atoms in total. The van der Waals surface area contributed by atoms with Gasteiger partial charge in [0.1, 0.15) is 24.4 Å². The highest BCUT2D eigenvalue weighted by Crippen LogP contribution is 2.50. The predicted octanol–water partition coefficient (Wildman–Crippen LogP) is 5.75. The highest BCUT2D eigenvalue weighted by molar-refractivity contribution is 6.22. The van der Waals surface area contributed by atoms with Crippen LogP contribution in [0, 0.1) is 0 Å². The minimum Gasteiger partial charge on any atom is -0.331 e. The van der Waals surface area contributed by atoms with Crippen LogP contribution >= 0.6 is 34.8 Å². The maximum atomic E-state index is 6.90. The summed E-state index contributed by atoms with van der Waals surface area (Å²) in [4.78, 5) is 0. The van der Waals surface area contributed by atoms with Crippen molar-refractivity contribution in [2.24, 2.45) is 0 Å². The third-order valence-electron chi connectivity index (χ3n) is 6.46. The topological polar surface area (TPSA) is 55.4 Å². The smallest absolute Gasteiger partial charge is 0.277 e. The van der Waals surface area contributed by atoms with Gasteiger partial charge in [-0.25, -0.2) is 0 Å². The van der Waals surface area contributed by atoms with Crippen LogP contribution in [-0.2, 0) is 44.2 Å². The molecule has 3 aliphatic rings. The fourth-order valence-corrected chi connectivity index (χ4v) is 5.61. The van der Waals surface area contributed by atoms with Crippen molar-refractivity contribution < 1.29 is 28.4 Å². The highest BCUT2D eigenvalue weighted by Gasteiger charge is 2.60. The van der Waals surface area contributed by atoms with Gasteiger partial charge in [0, 0.05) is 16.7 Å². The summed E-state index contributed by atoms with van der Waals surface area (Å²) in [5, 5.41) is -4.71. The number of hydrogen-bond donors (Lipinski definition) is 0.